The van der Waals surface area contributed by atoms with Crippen molar-refractivity contribution in [3.8, 4) is 0 Å². The highest BCUT2D eigenvalue weighted by molar-refractivity contribution is 6.06. The Morgan fingerprint density at radius 2 is 1.57 bits per heavy atom. The molecule has 3 heteroatoms. The van der Waals surface area contributed by atoms with Crippen molar-refractivity contribution in [2.45, 2.75) is 12.8 Å². The lowest BCUT2D eigenvalue weighted by Gasteiger charge is -2.15. The van der Waals surface area contributed by atoms with Gasteiger partial charge in [-0.15, -0.1) is 0 Å². The van der Waals surface area contributed by atoms with Crippen LogP contribution in [-0.2, 0) is 9.59 Å². The van der Waals surface area contributed by atoms with Gasteiger partial charge in [0.2, 0.25) is 11.8 Å². The van der Waals surface area contributed by atoms with Crippen LogP contribution >= 0.6 is 0 Å². The van der Waals surface area contributed by atoms with Crippen LogP contribution in [0.15, 0.2) is 12.2 Å². The molecule has 0 aromatic heterocycles. The molecule has 1 saturated heterocycles. The molecule has 0 unspecified atom stereocenters. The van der Waals surface area contributed by atoms with E-state index in [4.69, 9.17) is 0 Å². The summed E-state index contributed by atoms with van der Waals surface area (Å²) in [5.74, 6) is 0.624. The highest BCUT2D eigenvalue weighted by Gasteiger charge is 2.71. The fraction of sp³-hybridized carbons (Fsp3) is 0.636. The van der Waals surface area contributed by atoms with E-state index in [9.17, 15) is 9.59 Å². The number of amides is 2. The van der Waals surface area contributed by atoms with Gasteiger partial charge >= 0.3 is 0 Å². The van der Waals surface area contributed by atoms with Crippen molar-refractivity contribution in [2.24, 2.45) is 29.1 Å². The van der Waals surface area contributed by atoms with Crippen molar-refractivity contribution in [3.05, 3.63) is 12.2 Å². The predicted molar refractivity (Wildman–Crippen MR) is 47.9 cm³/mol. The van der Waals surface area contributed by atoms with Crippen molar-refractivity contribution in [1.29, 1.82) is 0 Å². The first-order valence-electron chi connectivity index (χ1n) is 5.27. The van der Waals surface area contributed by atoms with E-state index in [0.717, 1.165) is 0 Å². The Morgan fingerprint density at radius 1 is 1.07 bits per heavy atom. The predicted octanol–water partition coefficient (Wildman–Crippen LogP) is 0.471. The number of hydrogen-bond acceptors (Lipinski definition) is 2. The molecule has 1 N–H and O–H groups in total. The Labute approximate surface area is 81.5 Å². The molecule has 4 rings (SSSR count). The van der Waals surface area contributed by atoms with E-state index >= 15 is 0 Å². The van der Waals surface area contributed by atoms with E-state index < -0.39 is 0 Å². The highest BCUT2D eigenvalue weighted by Crippen LogP contribution is 2.72. The number of allylic oxidation sites excluding steroid dienone is 2. The number of rotatable bonds is 0. The van der Waals surface area contributed by atoms with Gasteiger partial charge in [-0.2, -0.15) is 0 Å². The number of carbonyl (C=O) groups is 2. The third kappa shape index (κ3) is 0.527. The summed E-state index contributed by atoms with van der Waals surface area (Å²) < 4.78 is 0. The molecule has 0 radical (unpaired) electrons. The van der Waals surface area contributed by atoms with Crippen LogP contribution in [0.2, 0.25) is 0 Å². The summed E-state index contributed by atoms with van der Waals surface area (Å²) in [6, 6.07) is 0. The zero-order valence-corrected chi connectivity index (χ0v) is 7.69. The van der Waals surface area contributed by atoms with Gasteiger partial charge in [-0.05, 0) is 30.1 Å². The van der Waals surface area contributed by atoms with Gasteiger partial charge < -0.3 is 0 Å². The quantitative estimate of drug-likeness (QED) is 0.445. The lowest BCUT2D eigenvalue weighted by molar-refractivity contribution is -0.127. The van der Waals surface area contributed by atoms with Crippen molar-refractivity contribution in [3.63, 3.8) is 0 Å². The summed E-state index contributed by atoms with van der Waals surface area (Å²) >= 11 is 0. The maximum atomic E-state index is 11.6. The smallest absolute Gasteiger partial charge is 0.231 e. The van der Waals surface area contributed by atoms with E-state index in [1.165, 1.54) is 12.8 Å². The molecule has 0 aromatic carbocycles. The SMILES string of the molecule is O=C1NC(=O)[C@H]2[C@@H]1[C@@H]1C=C[C@H]2C12CC2. The number of fused-ring (bicyclic) bond motifs is 3. The second-order valence-electron chi connectivity index (χ2n) is 5.07. The fourth-order valence-electron chi connectivity index (χ4n) is 4.00. The Morgan fingerprint density at radius 3 is 2.00 bits per heavy atom. The molecule has 4 aliphatic rings. The largest absolute Gasteiger partial charge is 0.296 e. The maximum absolute atomic E-state index is 11.6. The molecule has 3 nitrogen and oxygen atoms in total. The van der Waals surface area contributed by atoms with Crippen LogP contribution in [0, 0.1) is 29.1 Å². The molecule has 2 amide bonds. The zero-order valence-electron chi connectivity index (χ0n) is 7.69. The average Bonchev–Trinajstić information content (AvgIpc) is 2.72. The van der Waals surface area contributed by atoms with Gasteiger partial charge in [-0.3, -0.25) is 14.9 Å². The molecular formula is C11H11NO2. The van der Waals surface area contributed by atoms with E-state index in [2.05, 4.69) is 17.5 Å². The van der Waals surface area contributed by atoms with Crippen molar-refractivity contribution < 1.29 is 9.59 Å². The van der Waals surface area contributed by atoms with Crippen LogP contribution in [0.3, 0.4) is 0 Å². The summed E-state index contributed by atoms with van der Waals surface area (Å²) in [5, 5.41) is 2.47. The first-order chi connectivity index (χ1) is 6.74. The molecule has 0 aromatic rings. The van der Waals surface area contributed by atoms with E-state index in [1.807, 2.05) is 0 Å². The number of imide groups is 1. The summed E-state index contributed by atoms with van der Waals surface area (Å²) in [5.41, 5.74) is 0.336. The van der Waals surface area contributed by atoms with Crippen molar-refractivity contribution >= 4 is 11.8 Å². The van der Waals surface area contributed by atoms with Gasteiger partial charge in [0.15, 0.2) is 0 Å². The van der Waals surface area contributed by atoms with Crippen LogP contribution in [-0.4, -0.2) is 11.8 Å². The average molecular weight is 189 g/mol. The summed E-state index contributed by atoms with van der Waals surface area (Å²) in [6.45, 7) is 0. The molecule has 3 fully saturated rings. The van der Waals surface area contributed by atoms with Crippen molar-refractivity contribution in [2.75, 3.05) is 0 Å². The summed E-state index contributed by atoms with van der Waals surface area (Å²) in [7, 11) is 0. The lowest BCUT2D eigenvalue weighted by atomic mass is 9.85. The van der Waals surface area contributed by atoms with E-state index in [0.29, 0.717) is 17.3 Å². The first-order valence-corrected chi connectivity index (χ1v) is 5.27. The minimum absolute atomic E-state index is 0.0249. The number of carbonyl (C=O) groups excluding carboxylic acids is 2. The van der Waals surface area contributed by atoms with Gasteiger partial charge in [0.1, 0.15) is 0 Å². The zero-order chi connectivity index (χ0) is 9.50. The minimum Gasteiger partial charge on any atom is -0.296 e. The van der Waals surface area contributed by atoms with Gasteiger partial charge in [0, 0.05) is 0 Å². The molecule has 1 aliphatic heterocycles. The van der Waals surface area contributed by atoms with E-state index in [-0.39, 0.29) is 23.7 Å². The molecule has 2 bridgehead atoms. The normalized spacial score (nSPS) is 50.0. The Kier molecular flexibility index (Phi) is 0.932. The molecule has 3 aliphatic carbocycles. The van der Waals surface area contributed by atoms with Gasteiger partial charge in [-0.1, -0.05) is 12.2 Å². The maximum Gasteiger partial charge on any atom is 0.231 e. The molecular weight excluding hydrogens is 178 g/mol. The van der Waals surface area contributed by atoms with Crippen LogP contribution in [0.1, 0.15) is 12.8 Å². The minimum atomic E-state index is -0.0278. The molecule has 4 atom stereocenters. The summed E-state index contributed by atoms with van der Waals surface area (Å²) in [4.78, 5) is 23.2. The highest BCUT2D eigenvalue weighted by atomic mass is 16.2. The second kappa shape index (κ2) is 1.81. The molecule has 1 heterocycles. The lowest BCUT2D eigenvalue weighted by Crippen LogP contribution is -2.28. The summed E-state index contributed by atoms with van der Waals surface area (Å²) in [6.07, 6.45) is 6.78. The van der Waals surface area contributed by atoms with Crippen LogP contribution in [0.5, 0.6) is 0 Å². The number of hydrogen-bond donors (Lipinski definition) is 1. The fourth-order valence-corrected chi connectivity index (χ4v) is 4.00. The number of nitrogens with one attached hydrogen (secondary N) is 1. The standard InChI is InChI=1S/C11H11NO2/c13-9-7-5-1-2-6(11(5)3-4-11)8(7)10(14)12-9/h1-2,5-8H,3-4H2,(H,12,13,14)/t5-,6+,7-,8+. The second-order valence-corrected chi connectivity index (χ2v) is 5.07. The molecule has 72 valence electrons. The monoisotopic (exact) mass is 189 g/mol. The molecule has 14 heavy (non-hydrogen) atoms. The molecule has 2 saturated carbocycles. The first kappa shape index (κ1) is 7.21. The van der Waals surface area contributed by atoms with Crippen molar-refractivity contribution in [1.82, 2.24) is 5.32 Å². The Hall–Kier alpha value is -1.12. The Balaban J connectivity index is 1.89. The van der Waals surface area contributed by atoms with Gasteiger partial charge in [0.05, 0.1) is 11.8 Å². The van der Waals surface area contributed by atoms with Gasteiger partial charge in [-0.25, -0.2) is 0 Å². The Bertz CT molecular complexity index is 362. The van der Waals surface area contributed by atoms with Crippen LogP contribution < -0.4 is 5.32 Å². The third-order valence-electron chi connectivity index (χ3n) is 4.69. The van der Waals surface area contributed by atoms with E-state index in [1.54, 1.807) is 0 Å². The van der Waals surface area contributed by atoms with Crippen LogP contribution in [0.4, 0.5) is 0 Å². The molecule has 1 spiro atoms. The topological polar surface area (TPSA) is 46.2 Å². The van der Waals surface area contributed by atoms with Crippen LogP contribution in [0.25, 0.3) is 0 Å². The van der Waals surface area contributed by atoms with Gasteiger partial charge in [0.25, 0.3) is 0 Å². The third-order valence-corrected chi connectivity index (χ3v) is 4.69.